The molecule has 2 rings (SSSR count). The normalized spacial score (nSPS) is 14.1. The van der Waals surface area contributed by atoms with Gasteiger partial charge in [-0.2, -0.15) is 0 Å². The third kappa shape index (κ3) is 3.62. The van der Waals surface area contributed by atoms with Crippen LogP contribution in [0.3, 0.4) is 0 Å². The lowest BCUT2D eigenvalue weighted by atomic mass is 10.2. The molecule has 0 aliphatic carbocycles. The van der Waals surface area contributed by atoms with Crippen molar-refractivity contribution in [1.29, 1.82) is 0 Å². The van der Waals surface area contributed by atoms with Crippen molar-refractivity contribution < 1.29 is 14.3 Å². The van der Waals surface area contributed by atoms with E-state index in [0.717, 1.165) is 6.42 Å². The van der Waals surface area contributed by atoms with E-state index in [0.29, 0.717) is 42.9 Å². The maximum Gasteiger partial charge on any atom is 0.227 e. The smallest absolute Gasteiger partial charge is 0.227 e. The number of hydrogen-bond donors (Lipinski definition) is 1. The van der Waals surface area contributed by atoms with Crippen LogP contribution >= 0.6 is 0 Å². The average molecular weight is 288 g/mol. The zero-order valence-electron chi connectivity index (χ0n) is 12.2. The zero-order chi connectivity index (χ0) is 15.2. The maximum atomic E-state index is 11.9. The number of benzene rings is 1. The number of methoxy groups -OCH3 is 1. The van der Waals surface area contributed by atoms with Crippen LogP contribution in [0.1, 0.15) is 25.7 Å². The molecule has 0 radical (unpaired) electrons. The number of nitrogens with one attached hydrogen (secondary N) is 1. The Morgan fingerprint density at radius 1 is 1.52 bits per heavy atom. The van der Waals surface area contributed by atoms with Gasteiger partial charge in [0.15, 0.2) is 0 Å². The summed E-state index contributed by atoms with van der Waals surface area (Å²) >= 11 is 0. The van der Waals surface area contributed by atoms with Gasteiger partial charge in [-0.1, -0.05) is 6.08 Å². The number of ether oxygens (including phenoxy) is 1. The van der Waals surface area contributed by atoms with Crippen molar-refractivity contribution in [2.45, 2.75) is 25.7 Å². The third-order valence-corrected chi connectivity index (χ3v) is 3.40. The van der Waals surface area contributed by atoms with Crippen LogP contribution in [0.25, 0.3) is 0 Å². The molecule has 0 saturated carbocycles. The second kappa shape index (κ2) is 6.92. The Labute approximate surface area is 124 Å². The molecule has 0 aromatic heterocycles. The highest BCUT2D eigenvalue weighted by Gasteiger charge is 2.24. The standard InChI is InChI=1S/C16H20N2O3/c1-3-4-6-15(19)17-12-8-9-14(21-2)13(11-12)18-10-5-7-16(18)20/h3,8-9,11H,1,4-7,10H2,2H3,(H,17,19). The number of amides is 2. The maximum absolute atomic E-state index is 11.9. The predicted molar refractivity (Wildman–Crippen MR) is 82.6 cm³/mol. The Balaban J connectivity index is 2.19. The molecule has 1 fully saturated rings. The molecule has 1 aromatic carbocycles. The van der Waals surface area contributed by atoms with Crippen LogP contribution in [0.2, 0.25) is 0 Å². The molecule has 1 heterocycles. The molecule has 1 aromatic rings. The molecule has 5 nitrogen and oxygen atoms in total. The van der Waals surface area contributed by atoms with E-state index in [1.165, 1.54) is 0 Å². The van der Waals surface area contributed by atoms with Crippen LogP contribution in [-0.2, 0) is 9.59 Å². The number of anilines is 2. The molecule has 2 amide bonds. The summed E-state index contributed by atoms with van der Waals surface area (Å²) in [6, 6.07) is 5.33. The number of allylic oxidation sites excluding steroid dienone is 1. The lowest BCUT2D eigenvalue weighted by molar-refractivity contribution is -0.117. The van der Waals surface area contributed by atoms with E-state index in [9.17, 15) is 9.59 Å². The molecule has 112 valence electrons. The Morgan fingerprint density at radius 2 is 2.33 bits per heavy atom. The lowest BCUT2D eigenvalue weighted by Crippen LogP contribution is -2.24. The highest BCUT2D eigenvalue weighted by atomic mass is 16.5. The van der Waals surface area contributed by atoms with Gasteiger partial charge < -0.3 is 15.0 Å². The van der Waals surface area contributed by atoms with E-state index in [1.807, 2.05) is 0 Å². The fourth-order valence-corrected chi connectivity index (χ4v) is 2.34. The molecule has 1 N–H and O–H groups in total. The minimum absolute atomic E-state index is 0.0706. The summed E-state index contributed by atoms with van der Waals surface area (Å²) in [5.74, 6) is 0.650. The van der Waals surface area contributed by atoms with Gasteiger partial charge in [0.2, 0.25) is 11.8 Å². The number of carbonyl (C=O) groups excluding carboxylic acids is 2. The first kappa shape index (κ1) is 15.1. The first-order valence-electron chi connectivity index (χ1n) is 7.05. The van der Waals surface area contributed by atoms with Gasteiger partial charge in [-0.15, -0.1) is 6.58 Å². The Bertz CT molecular complexity index is 554. The first-order chi connectivity index (χ1) is 10.2. The molecule has 5 heteroatoms. The lowest BCUT2D eigenvalue weighted by Gasteiger charge is -2.20. The molecule has 1 aliphatic rings. The van der Waals surface area contributed by atoms with Crippen molar-refractivity contribution in [3.8, 4) is 5.75 Å². The first-order valence-corrected chi connectivity index (χ1v) is 7.05. The Kier molecular flexibility index (Phi) is 4.98. The van der Waals surface area contributed by atoms with Crippen molar-refractivity contribution in [1.82, 2.24) is 0 Å². The SMILES string of the molecule is C=CCCC(=O)Nc1ccc(OC)c(N2CCCC2=O)c1. The number of rotatable bonds is 6. The minimum Gasteiger partial charge on any atom is -0.495 e. The van der Waals surface area contributed by atoms with Crippen molar-refractivity contribution in [2.75, 3.05) is 23.9 Å². The summed E-state index contributed by atoms with van der Waals surface area (Å²) in [6.45, 7) is 4.28. The van der Waals surface area contributed by atoms with Gasteiger partial charge in [-0.25, -0.2) is 0 Å². The van der Waals surface area contributed by atoms with Crippen LogP contribution in [0.4, 0.5) is 11.4 Å². The molecule has 1 saturated heterocycles. The monoisotopic (exact) mass is 288 g/mol. The molecule has 21 heavy (non-hydrogen) atoms. The number of hydrogen-bond acceptors (Lipinski definition) is 3. The topological polar surface area (TPSA) is 58.6 Å². The van der Waals surface area contributed by atoms with E-state index in [4.69, 9.17) is 4.74 Å². The average Bonchev–Trinajstić information content (AvgIpc) is 2.91. The van der Waals surface area contributed by atoms with Crippen LogP contribution in [0.5, 0.6) is 5.75 Å². The summed E-state index contributed by atoms with van der Waals surface area (Å²) in [4.78, 5) is 25.3. The number of carbonyl (C=O) groups is 2. The van der Waals surface area contributed by atoms with Crippen molar-refractivity contribution >= 4 is 23.2 Å². The van der Waals surface area contributed by atoms with Gasteiger partial charge in [-0.05, 0) is 31.0 Å². The Morgan fingerprint density at radius 3 is 2.95 bits per heavy atom. The van der Waals surface area contributed by atoms with E-state index >= 15 is 0 Å². The van der Waals surface area contributed by atoms with E-state index < -0.39 is 0 Å². The van der Waals surface area contributed by atoms with Crippen LogP contribution < -0.4 is 15.0 Å². The molecule has 0 spiro atoms. The van der Waals surface area contributed by atoms with E-state index in [1.54, 1.807) is 36.3 Å². The van der Waals surface area contributed by atoms with Gasteiger partial charge >= 0.3 is 0 Å². The summed E-state index contributed by atoms with van der Waals surface area (Å²) in [5.41, 5.74) is 1.38. The van der Waals surface area contributed by atoms with Crippen molar-refractivity contribution in [2.24, 2.45) is 0 Å². The van der Waals surface area contributed by atoms with E-state index in [-0.39, 0.29) is 11.8 Å². The molecular formula is C16H20N2O3. The van der Waals surface area contributed by atoms with Crippen LogP contribution in [-0.4, -0.2) is 25.5 Å². The minimum atomic E-state index is -0.0706. The van der Waals surface area contributed by atoms with Crippen LogP contribution in [0.15, 0.2) is 30.9 Å². The highest BCUT2D eigenvalue weighted by molar-refractivity contribution is 5.98. The molecular weight excluding hydrogens is 268 g/mol. The van der Waals surface area contributed by atoms with Gasteiger partial charge in [0, 0.05) is 25.1 Å². The molecule has 1 aliphatic heterocycles. The fourth-order valence-electron chi connectivity index (χ4n) is 2.34. The largest absolute Gasteiger partial charge is 0.495 e. The van der Waals surface area contributed by atoms with E-state index in [2.05, 4.69) is 11.9 Å². The summed E-state index contributed by atoms with van der Waals surface area (Å²) in [6.07, 6.45) is 4.14. The van der Waals surface area contributed by atoms with Gasteiger partial charge in [-0.3, -0.25) is 9.59 Å². The Hall–Kier alpha value is -2.30. The molecule has 0 unspecified atom stereocenters. The quantitative estimate of drug-likeness (QED) is 0.819. The second-order valence-electron chi connectivity index (χ2n) is 4.91. The third-order valence-electron chi connectivity index (χ3n) is 3.40. The summed E-state index contributed by atoms with van der Waals surface area (Å²) < 4.78 is 5.31. The predicted octanol–water partition coefficient (Wildman–Crippen LogP) is 2.73. The molecule has 0 atom stereocenters. The number of nitrogens with zero attached hydrogens (tertiary/aromatic N) is 1. The van der Waals surface area contributed by atoms with Gasteiger partial charge in [0.05, 0.1) is 12.8 Å². The van der Waals surface area contributed by atoms with Gasteiger partial charge in [0.1, 0.15) is 5.75 Å². The zero-order valence-corrected chi connectivity index (χ0v) is 12.2. The van der Waals surface area contributed by atoms with Crippen molar-refractivity contribution in [3.05, 3.63) is 30.9 Å². The summed E-state index contributed by atoms with van der Waals surface area (Å²) in [5, 5.41) is 2.83. The second-order valence-corrected chi connectivity index (χ2v) is 4.91. The highest BCUT2D eigenvalue weighted by Crippen LogP contribution is 2.34. The fraction of sp³-hybridized carbons (Fsp3) is 0.375. The summed E-state index contributed by atoms with van der Waals surface area (Å²) in [7, 11) is 1.57. The van der Waals surface area contributed by atoms with Gasteiger partial charge in [0.25, 0.3) is 0 Å². The van der Waals surface area contributed by atoms with Crippen molar-refractivity contribution in [3.63, 3.8) is 0 Å². The van der Waals surface area contributed by atoms with Crippen LogP contribution in [0, 0.1) is 0 Å². The molecule has 0 bridgehead atoms.